The number of aromatic nitrogens is 1. The first kappa shape index (κ1) is 16.0. The molecule has 0 spiro atoms. The van der Waals surface area contributed by atoms with Crippen molar-refractivity contribution in [1.82, 2.24) is 9.88 Å². The van der Waals surface area contributed by atoms with Crippen LogP contribution in [0.15, 0.2) is 48.7 Å². The average molecular weight is 292 g/mol. The number of carbonyl (C=O) groups is 2. The van der Waals surface area contributed by atoms with Crippen LogP contribution in [-0.2, 0) is 4.79 Å². The minimum atomic E-state index is -1.05. The molecule has 0 unspecified atom stereocenters. The van der Waals surface area contributed by atoms with Crippen LogP contribution in [0.25, 0.3) is 0 Å². The predicted molar refractivity (Wildman–Crippen MR) is 78.9 cm³/mol. The van der Waals surface area contributed by atoms with Crippen molar-refractivity contribution >= 4 is 23.6 Å². The van der Waals surface area contributed by atoms with Gasteiger partial charge in [-0.15, -0.1) is 13.2 Å². The van der Waals surface area contributed by atoms with E-state index in [1.165, 1.54) is 12.3 Å². The first-order chi connectivity index (χ1) is 9.60. The molecule has 1 amide bonds. The van der Waals surface area contributed by atoms with E-state index >= 15 is 0 Å². The zero-order valence-corrected chi connectivity index (χ0v) is 11.8. The number of aromatic carboxylic acids is 1. The minimum Gasteiger partial charge on any atom is -0.478 e. The molecule has 1 heterocycles. The maximum absolute atomic E-state index is 12.0. The van der Waals surface area contributed by atoms with E-state index < -0.39 is 5.97 Å². The fourth-order valence-corrected chi connectivity index (χ4v) is 2.37. The van der Waals surface area contributed by atoms with Gasteiger partial charge in [0.25, 0.3) is 0 Å². The summed E-state index contributed by atoms with van der Waals surface area (Å²) in [7, 11) is 0. The van der Waals surface area contributed by atoms with Crippen molar-refractivity contribution in [1.29, 1.82) is 0 Å². The van der Waals surface area contributed by atoms with Crippen LogP contribution in [0.3, 0.4) is 0 Å². The second-order valence-electron chi connectivity index (χ2n) is 3.83. The molecule has 0 aliphatic heterocycles. The van der Waals surface area contributed by atoms with Gasteiger partial charge in [0.05, 0.1) is 11.3 Å². The molecule has 106 valence electrons. The zero-order valence-electron chi connectivity index (χ0n) is 11.0. The SMILES string of the molecule is C=CCN(CC=C)C(=O)CSc1ncccc1C(=O)O. The lowest BCUT2D eigenvalue weighted by atomic mass is 10.3. The zero-order chi connectivity index (χ0) is 15.0. The maximum Gasteiger partial charge on any atom is 0.338 e. The van der Waals surface area contributed by atoms with E-state index in [4.69, 9.17) is 5.11 Å². The molecule has 1 aromatic heterocycles. The summed E-state index contributed by atoms with van der Waals surface area (Å²) in [5, 5.41) is 9.37. The number of rotatable bonds is 8. The van der Waals surface area contributed by atoms with E-state index in [0.29, 0.717) is 18.1 Å². The topological polar surface area (TPSA) is 70.5 Å². The number of pyridine rings is 1. The Morgan fingerprint density at radius 1 is 1.35 bits per heavy atom. The molecule has 0 atom stereocenters. The van der Waals surface area contributed by atoms with Crippen LogP contribution >= 0.6 is 11.8 Å². The fraction of sp³-hybridized carbons (Fsp3) is 0.214. The third-order valence-electron chi connectivity index (χ3n) is 2.39. The summed E-state index contributed by atoms with van der Waals surface area (Å²) in [5.74, 6) is -1.04. The minimum absolute atomic E-state index is 0.101. The van der Waals surface area contributed by atoms with Gasteiger partial charge in [-0.1, -0.05) is 23.9 Å². The number of carboxylic acids is 1. The molecule has 0 fully saturated rings. The number of thioether (sulfide) groups is 1. The van der Waals surface area contributed by atoms with E-state index in [-0.39, 0.29) is 17.2 Å². The van der Waals surface area contributed by atoms with Crippen molar-refractivity contribution in [2.45, 2.75) is 5.03 Å². The van der Waals surface area contributed by atoms with Gasteiger partial charge >= 0.3 is 5.97 Å². The number of hydrogen-bond acceptors (Lipinski definition) is 4. The van der Waals surface area contributed by atoms with Gasteiger partial charge in [-0.2, -0.15) is 0 Å². The molecule has 1 rings (SSSR count). The second kappa shape index (κ2) is 8.16. The Balaban J connectivity index is 2.71. The van der Waals surface area contributed by atoms with Gasteiger partial charge in [0.2, 0.25) is 5.91 Å². The smallest absolute Gasteiger partial charge is 0.338 e. The van der Waals surface area contributed by atoms with Gasteiger partial charge in [0.1, 0.15) is 5.03 Å². The van der Waals surface area contributed by atoms with E-state index in [9.17, 15) is 9.59 Å². The Kier molecular flexibility index (Phi) is 6.52. The Morgan fingerprint density at radius 2 is 2.00 bits per heavy atom. The Hall–Kier alpha value is -2.08. The highest BCUT2D eigenvalue weighted by atomic mass is 32.2. The summed E-state index contributed by atoms with van der Waals surface area (Å²) in [6, 6.07) is 3.02. The average Bonchev–Trinajstić information content (AvgIpc) is 2.44. The lowest BCUT2D eigenvalue weighted by Crippen LogP contribution is -2.32. The van der Waals surface area contributed by atoms with Crippen molar-refractivity contribution in [3.05, 3.63) is 49.2 Å². The van der Waals surface area contributed by atoms with E-state index in [1.807, 2.05) is 0 Å². The van der Waals surface area contributed by atoms with Crippen molar-refractivity contribution in [3.8, 4) is 0 Å². The first-order valence-corrected chi connectivity index (χ1v) is 6.89. The monoisotopic (exact) mass is 292 g/mol. The Bertz CT molecular complexity index is 507. The molecule has 1 aromatic rings. The summed E-state index contributed by atoms with van der Waals surface area (Å²) in [5.41, 5.74) is 0.101. The fourth-order valence-electron chi connectivity index (χ4n) is 1.48. The van der Waals surface area contributed by atoms with Crippen molar-refractivity contribution in [2.24, 2.45) is 0 Å². The normalized spacial score (nSPS) is 9.80. The second-order valence-corrected chi connectivity index (χ2v) is 4.79. The summed E-state index contributed by atoms with van der Waals surface area (Å²) in [6.07, 6.45) is 4.77. The number of amides is 1. The summed E-state index contributed by atoms with van der Waals surface area (Å²) in [6.45, 7) is 8.05. The summed E-state index contributed by atoms with van der Waals surface area (Å²) in [4.78, 5) is 28.6. The van der Waals surface area contributed by atoms with Crippen LogP contribution in [0.1, 0.15) is 10.4 Å². The number of hydrogen-bond donors (Lipinski definition) is 1. The largest absolute Gasteiger partial charge is 0.478 e. The van der Waals surface area contributed by atoms with Crippen LogP contribution in [0.2, 0.25) is 0 Å². The molecular weight excluding hydrogens is 276 g/mol. The molecule has 5 nitrogen and oxygen atoms in total. The number of nitrogens with zero attached hydrogens (tertiary/aromatic N) is 2. The van der Waals surface area contributed by atoms with Gasteiger partial charge in [0.15, 0.2) is 0 Å². The van der Waals surface area contributed by atoms with E-state index in [1.54, 1.807) is 23.1 Å². The lowest BCUT2D eigenvalue weighted by molar-refractivity contribution is -0.127. The number of carboxylic acid groups (broad SMARTS) is 1. The highest BCUT2D eigenvalue weighted by Crippen LogP contribution is 2.20. The standard InChI is InChI=1S/C14H16N2O3S/c1-3-8-16(9-4-2)12(17)10-20-13-11(14(18)19)6-5-7-15-13/h3-7H,1-2,8-10H2,(H,18,19). The summed E-state index contributed by atoms with van der Waals surface area (Å²) < 4.78 is 0. The van der Waals surface area contributed by atoms with Crippen LogP contribution < -0.4 is 0 Å². The third kappa shape index (κ3) is 4.55. The molecule has 20 heavy (non-hydrogen) atoms. The lowest BCUT2D eigenvalue weighted by Gasteiger charge is -2.18. The third-order valence-corrected chi connectivity index (χ3v) is 3.38. The molecule has 0 saturated carbocycles. The van der Waals surface area contributed by atoms with Crippen molar-refractivity contribution < 1.29 is 14.7 Å². The molecule has 6 heteroatoms. The molecule has 1 N–H and O–H groups in total. The Morgan fingerprint density at radius 3 is 2.55 bits per heavy atom. The van der Waals surface area contributed by atoms with Crippen LogP contribution in [0.5, 0.6) is 0 Å². The van der Waals surface area contributed by atoms with Crippen LogP contribution in [0, 0.1) is 0 Å². The molecular formula is C14H16N2O3S. The van der Waals surface area contributed by atoms with Gasteiger partial charge in [0, 0.05) is 19.3 Å². The summed E-state index contributed by atoms with van der Waals surface area (Å²) >= 11 is 1.11. The van der Waals surface area contributed by atoms with Crippen molar-refractivity contribution in [2.75, 3.05) is 18.8 Å². The van der Waals surface area contributed by atoms with Gasteiger partial charge < -0.3 is 10.0 Å². The maximum atomic E-state index is 12.0. The first-order valence-electron chi connectivity index (χ1n) is 5.90. The van der Waals surface area contributed by atoms with Gasteiger partial charge in [-0.25, -0.2) is 9.78 Å². The quantitative estimate of drug-likeness (QED) is 0.586. The number of carbonyl (C=O) groups excluding carboxylic acids is 1. The van der Waals surface area contributed by atoms with Crippen LogP contribution in [0.4, 0.5) is 0 Å². The molecule has 0 aliphatic rings. The molecule has 0 aliphatic carbocycles. The predicted octanol–water partition coefficient (Wildman–Crippen LogP) is 2.07. The highest BCUT2D eigenvalue weighted by molar-refractivity contribution is 8.00. The van der Waals surface area contributed by atoms with E-state index in [0.717, 1.165) is 11.8 Å². The molecule has 0 bridgehead atoms. The van der Waals surface area contributed by atoms with Crippen LogP contribution in [-0.4, -0.2) is 45.7 Å². The van der Waals surface area contributed by atoms with E-state index in [2.05, 4.69) is 18.1 Å². The molecule has 0 radical (unpaired) electrons. The van der Waals surface area contributed by atoms with Crippen molar-refractivity contribution in [3.63, 3.8) is 0 Å². The molecule has 0 aromatic carbocycles. The van der Waals surface area contributed by atoms with Gasteiger partial charge in [-0.05, 0) is 12.1 Å². The highest BCUT2D eigenvalue weighted by Gasteiger charge is 2.15. The molecule has 0 saturated heterocycles. The van der Waals surface area contributed by atoms with Gasteiger partial charge in [-0.3, -0.25) is 4.79 Å². The Labute approximate surface area is 122 Å².